The second-order valence-corrected chi connectivity index (χ2v) is 5.36. The quantitative estimate of drug-likeness (QED) is 0.715. The van der Waals surface area contributed by atoms with Gasteiger partial charge in [-0.1, -0.05) is 12.8 Å². The van der Waals surface area contributed by atoms with Gasteiger partial charge >= 0.3 is 0 Å². The number of nitrogens with one attached hydrogen (secondary N) is 1. The molecule has 0 saturated heterocycles. The Labute approximate surface area is 85.4 Å². The third kappa shape index (κ3) is 2.27. The predicted octanol–water partition coefficient (Wildman–Crippen LogP) is 1.32. The Kier molecular flexibility index (Phi) is 2.30. The SMILES string of the molecule is CC1(NC(=O)CC2(N)CCCC2)CC1. The highest BCUT2D eigenvalue weighted by Crippen LogP contribution is 2.35. The van der Waals surface area contributed by atoms with E-state index in [2.05, 4.69) is 12.2 Å². The molecule has 0 bridgehead atoms. The molecular formula is C11H20N2O. The van der Waals surface area contributed by atoms with Crippen LogP contribution in [0.1, 0.15) is 51.9 Å². The molecule has 0 heterocycles. The summed E-state index contributed by atoms with van der Waals surface area (Å²) in [5.41, 5.74) is 6.04. The van der Waals surface area contributed by atoms with Crippen LogP contribution in [-0.2, 0) is 4.79 Å². The topological polar surface area (TPSA) is 55.1 Å². The van der Waals surface area contributed by atoms with Gasteiger partial charge in [0.05, 0.1) is 0 Å². The van der Waals surface area contributed by atoms with Gasteiger partial charge in [-0.05, 0) is 32.6 Å². The summed E-state index contributed by atoms with van der Waals surface area (Å²) in [6, 6.07) is 0. The van der Waals surface area contributed by atoms with Crippen LogP contribution in [0.5, 0.6) is 0 Å². The lowest BCUT2D eigenvalue weighted by molar-refractivity contribution is -0.123. The number of amides is 1. The molecule has 0 aromatic heterocycles. The summed E-state index contributed by atoms with van der Waals surface area (Å²) in [5, 5.41) is 3.06. The normalized spacial score (nSPS) is 27.3. The molecule has 0 aromatic rings. The second-order valence-electron chi connectivity index (χ2n) is 5.36. The maximum Gasteiger partial charge on any atom is 0.222 e. The van der Waals surface area contributed by atoms with Crippen molar-refractivity contribution in [3.8, 4) is 0 Å². The molecule has 0 radical (unpaired) electrons. The lowest BCUT2D eigenvalue weighted by Gasteiger charge is -2.23. The van der Waals surface area contributed by atoms with Crippen molar-refractivity contribution < 1.29 is 4.79 Å². The molecule has 0 unspecified atom stereocenters. The van der Waals surface area contributed by atoms with Crippen LogP contribution in [0.3, 0.4) is 0 Å². The van der Waals surface area contributed by atoms with Gasteiger partial charge in [0.15, 0.2) is 0 Å². The monoisotopic (exact) mass is 196 g/mol. The van der Waals surface area contributed by atoms with E-state index in [9.17, 15) is 4.79 Å². The summed E-state index contributed by atoms with van der Waals surface area (Å²) in [6.45, 7) is 2.10. The zero-order valence-electron chi connectivity index (χ0n) is 8.94. The van der Waals surface area contributed by atoms with Crippen molar-refractivity contribution >= 4 is 5.91 Å². The molecule has 3 nitrogen and oxygen atoms in total. The molecule has 14 heavy (non-hydrogen) atoms. The Bertz CT molecular complexity index is 240. The average Bonchev–Trinajstić information content (AvgIpc) is 2.60. The van der Waals surface area contributed by atoms with Gasteiger partial charge in [-0.3, -0.25) is 4.79 Å². The maximum absolute atomic E-state index is 11.7. The van der Waals surface area contributed by atoms with Crippen molar-refractivity contribution in [2.24, 2.45) is 5.73 Å². The Morgan fingerprint density at radius 1 is 1.29 bits per heavy atom. The Morgan fingerprint density at radius 3 is 2.36 bits per heavy atom. The van der Waals surface area contributed by atoms with E-state index >= 15 is 0 Å². The van der Waals surface area contributed by atoms with Crippen LogP contribution in [0.4, 0.5) is 0 Å². The van der Waals surface area contributed by atoms with Crippen LogP contribution in [0, 0.1) is 0 Å². The molecule has 2 aliphatic carbocycles. The summed E-state index contributed by atoms with van der Waals surface area (Å²) >= 11 is 0. The zero-order chi connectivity index (χ0) is 10.2. The van der Waals surface area contributed by atoms with E-state index in [1.54, 1.807) is 0 Å². The zero-order valence-corrected chi connectivity index (χ0v) is 8.94. The predicted molar refractivity (Wildman–Crippen MR) is 55.8 cm³/mol. The molecular weight excluding hydrogens is 176 g/mol. The van der Waals surface area contributed by atoms with Crippen LogP contribution < -0.4 is 11.1 Å². The fraction of sp³-hybridized carbons (Fsp3) is 0.909. The van der Waals surface area contributed by atoms with Gasteiger partial charge in [-0.2, -0.15) is 0 Å². The molecule has 2 fully saturated rings. The van der Waals surface area contributed by atoms with E-state index in [4.69, 9.17) is 5.73 Å². The molecule has 0 aromatic carbocycles. The Hall–Kier alpha value is -0.570. The minimum atomic E-state index is -0.199. The fourth-order valence-corrected chi connectivity index (χ4v) is 2.27. The highest BCUT2D eigenvalue weighted by atomic mass is 16.1. The van der Waals surface area contributed by atoms with Crippen molar-refractivity contribution in [3.63, 3.8) is 0 Å². The average molecular weight is 196 g/mol. The van der Waals surface area contributed by atoms with E-state index in [1.165, 1.54) is 12.8 Å². The standard InChI is InChI=1S/C11H20N2O/c1-10(6-7-10)13-9(14)8-11(12)4-2-3-5-11/h2-8,12H2,1H3,(H,13,14). The third-order valence-electron chi connectivity index (χ3n) is 3.55. The molecule has 0 aliphatic heterocycles. The number of hydrogen-bond acceptors (Lipinski definition) is 2. The molecule has 80 valence electrons. The van der Waals surface area contributed by atoms with Gasteiger partial charge in [-0.25, -0.2) is 0 Å². The smallest absolute Gasteiger partial charge is 0.222 e. The molecule has 2 rings (SSSR count). The molecule has 3 heteroatoms. The van der Waals surface area contributed by atoms with Gasteiger partial charge in [0.2, 0.25) is 5.91 Å². The maximum atomic E-state index is 11.7. The Balaban J connectivity index is 1.81. The van der Waals surface area contributed by atoms with Crippen LogP contribution in [0.25, 0.3) is 0 Å². The van der Waals surface area contributed by atoms with Crippen molar-refractivity contribution in [3.05, 3.63) is 0 Å². The number of rotatable bonds is 3. The van der Waals surface area contributed by atoms with E-state index in [1.807, 2.05) is 0 Å². The van der Waals surface area contributed by atoms with Crippen LogP contribution in [0.15, 0.2) is 0 Å². The molecule has 3 N–H and O–H groups in total. The number of hydrogen-bond donors (Lipinski definition) is 2. The van der Waals surface area contributed by atoms with Crippen molar-refractivity contribution in [2.75, 3.05) is 0 Å². The van der Waals surface area contributed by atoms with E-state index in [-0.39, 0.29) is 17.0 Å². The minimum Gasteiger partial charge on any atom is -0.351 e. The molecule has 2 saturated carbocycles. The van der Waals surface area contributed by atoms with Gasteiger partial charge in [0, 0.05) is 17.5 Å². The Morgan fingerprint density at radius 2 is 1.86 bits per heavy atom. The first kappa shape index (κ1) is 9.97. The summed E-state index contributed by atoms with van der Waals surface area (Å²) in [4.78, 5) is 11.7. The summed E-state index contributed by atoms with van der Waals surface area (Å²) in [6.07, 6.45) is 7.14. The van der Waals surface area contributed by atoms with Crippen molar-refractivity contribution in [2.45, 2.75) is 62.9 Å². The molecule has 0 atom stereocenters. The van der Waals surface area contributed by atoms with E-state index in [0.29, 0.717) is 6.42 Å². The van der Waals surface area contributed by atoms with Crippen molar-refractivity contribution in [1.29, 1.82) is 0 Å². The number of carbonyl (C=O) groups excluding carboxylic acids is 1. The lowest BCUT2D eigenvalue weighted by Crippen LogP contribution is -2.44. The van der Waals surface area contributed by atoms with Gasteiger partial charge in [0.25, 0.3) is 0 Å². The summed E-state index contributed by atoms with van der Waals surface area (Å²) in [7, 11) is 0. The molecule has 2 aliphatic rings. The summed E-state index contributed by atoms with van der Waals surface area (Å²) in [5.74, 6) is 0.148. The van der Waals surface area contributed by atoms with Gasteiger partial charge in [0.1, 0.15) is 0 Å². The number of nitrogens with two attached hydrogens (primary N) is 1. The highest BCUT2D eigenvalue weighted by molar-refractivity contribution is 5.78. The first-order valence-electron chi connectivity index (χ1n) is 5.61. The first-order chi connectivity index (χ1) is 6.52. The van der Waals surface area contributed by atoms with E-state index in [0.717, 1.165) is 25.7 Å². The van der Waals surface area contributed by atoms with Crippen molar-refractivity contribution in [1.82, 2.24) is 5.32 Å². The van der Waals surface area contributed by atoms with Gasteiger partial charge in [-0.15, -0.1) is 0 Å². The molecule has 1 amide bonds. The highest BCUT2D eigenvalue weighted by Gasteiger charge is 2.40. The summed E-state index contributed by atoms with van der Waals surface area (Å²) < 4.78 is 0. The largest absolute Gasteiger partial charge is 0.351 e. The minimum absolute atomic E-state index is 0.103. The van der Waals surface area contributed by atoms with E-state index < -0.39 is 0 Å². The van der Waals surface area contributed by atoms with Crippen LogP contribution in [-0.4, -0.2) is 17.0 Å². The number of carbonyl (C=O) groups is 1. The van der Waals surface area contributed by atoms with Crippen LogP contribution >= 0.6 is 0 Å². The van der Waals surface area contributed by atoms with Crippen LogP contribution in [0.2, 0.25) is 0 Å². The first-order valence-corrected chi connectivity index (χ1v) is 5.61. The van der Waals surface area contributed by atoms with Gasteiger partial charge < -0.3 is 11.1 Å². The third-order valence-corrected chi connectivity index (χ3v) is 3.55. The second kappa shape index (κ2) is 3.23. The fourth-order valence-electron chi connectivity index (χ4n) is 2.27. The lowest BCUT2D eigenvalue weighted by atomic mass is 9.94. The molecule has 0 spiro atoms.